The van der Waals surface area contributed by atoms with Crippen LogP contribution in [0.4, 0.5) is 8.78 Å². The summed E-state index contributed by atoms with van der Waals surface area (Å²) in [6.07, 6.45) is 3.51. The molecule has 0 aliphatic heterocycles. The summed E-state index contributed by atoms with van der Waals surface area (Å²) in [7, 11) is 0. The molecule has 0 heterocycles. The Morgan fingerprint density at radius 3 is 2.44 bits per heavy atom. The molecule has 2 rings (SSSR count). The molecule has 0 spiro atoms. The standard InChI is InChI=1S/C22H26F2O3/c1-3-4-5-6-21(25)27-14-13-22(2,26)17-9-7-16(8-10-17)19-12-11-18(23)15-20(19)24/h7-12,15,26H,3-6,13-14H2,1-2H3. The largest absolute Gasteiger partial charge is 0.466 e. The van der Waals surface area contributed by atoms with E-state index < -0.39 is 17.2 Å². The normalized spacial score (nSPS) is 13.2. The van der Waals surface area contributed by atoms with E-state index in [9.17, 15) is 18.7 Å². The van der Waals surface area contributed by atoms with Crippen molar-refractivity contribution in [1.82, 2.24) is 0 Å². The predicted octanol–water partition coefficient (Wildman–Crippen LogP) is 5.35. The second-order valence-electron chi connectivity index (χ2n) is 6.90. The first-order valence-corrected chi connectivity index (χ1v) is 9.27. The Hall–Kier alpha value is -2.27. The first-order valence-electron chi connectivity index (χ1n) is 9.27. The van der Waals surface area contributed by atoms with Crippen LogP contribution >= 0.6 is 0 Å². The van der Waals surface area contributed by atoms with Crippen LogP contribution in [0.5, 0.6) is 0 Å². The molecule has 146 valence electrons. The first kappa shape index (κ1) is 21.0. The van der Waals surface area contributed by atoms with E-state index in [1.54, 1.807) is 31.2 Å². The Bertz CT molecular complexity index is 755. The Kier molecular flexibility index (Phi) is 7.48. The molecule has 0 radical (unpaired) electrons. The summed E-state index contributed by atoms with van der Waals surface area (Å²) in [4.78, 5) is 11.6. The number of benzene rings is 2. The van der Waals surface area contributed by atoms with Crippen LogP contribution in [0.3, 0.4) is 0 Å². The van der Waals surface area contributed by atoms with Crippen LogP contribution in [0.2, 0.25) is 0 Å². The van der Waals surface area contributed by atoms with Crippen molar-refractivity contribution in [3.05, 3.63) is 59.7 Å². The minimum Gasteiger partial charge on any atom is -0.466 e. The molecule has 1 N–H and O–H groups in total. The number of halogens is 2. The zero-order valence-electron chi connectivity index (χ0n) is 15.8. The third kappa shape index (κ3) is 6.14. The van der Waals surface area contributed by atoms with Gasteiger partial charge in [-0.05, 0) is 36.6 Å². The molecule has 0 saturated heterocycles. The van der Waals surface area contributed by atoms with Gasteiger partial charge in [0.1, 0.15) is 11.6 Å². The Morgan fingerprint density at radius 2 is 1.81 bits per heavy atom. The van der Waals surface area contributed by atoms with Crippen LogP contribution < -0.4 is 0 Å². The average Bonchev–Trinajstić information content (AvgIpc) is 2.62. The maximum atomic E-state index is 13.9. The molecule has 5 heteroatoms. The van der Waals surface area contributed by atoms with Crippen LogP contribution in [0.1, 0.15) is 51.5 Å². The van der Waals surface area contributed by atoms with Crippen molar-refractivity contribution < 1.29 is 23.4 Å². The Morgan fingerprint density at radius 1 is 1.11 bits per heavy atom. The van der Waals surface area contributed by atoms with Gasteiger partial charge in [0.15, 0.2) is 0 Å². The molecule has 1 atom stereocenters. The molecule has 1 unspecified atom stereocenters. The molecule has 3 nitrogen and oxygen atoms in total. The summed E-state index contributed by atoms with van der Waals surface area (Å²) in [5.74, 6) is -1.51. The number of ether oxygens (including phenoxy) is 1. The lowest BCUT2D eigenvalue weighted by atomic mass is 9.91. The van der Waals surface area contributed by atoms with E-state index in [2.05, 4.69) is 6.92 Å². The minimum absolute atomic E-state index is 0.131. The maximum Gasteiger partial charge on any atom is 0.305 e. The summed E-state index contributed by atoms with van der Waals surface area (Å²) in [5.41, 5.74) is 0.345. The third-order valence-electron chi connectivity index (χ3n) is 4.59. The number of esters is 1. The van der Waals surface area contributed by atoms with E-state index >= 15 is 0 Å². The Labute approximate surface area is 159 Å². The van der Waals surface area contributed by atoms with Gasteiger partial charge in [-0.1, -0.05) is 44.0 Å². The van der Waals surface area contributed by atoms with Gasteiger partial charge in [-0.2, -0.15) is 0 Å². The van der Waals surface area contributed by atoms with Crippen molar-refractivity contribution in [1.29, 1.82) is 0 Å². The summed E-state index contributed by atoms with van der Waals surface area (Å²) < 4.78 is 32.1. The van der Waals surface area contributed by atoms with Gasteiger partial charge in [0, 0.05) is 24.5 Å². The molecule has 0 bridgehead atoms. The number of hydrogen-bond donors (Lipinski definition) is 1. The monoisotopic (exact) mass is 376 g/mol. The molecule has 2 aromatic rings. The van der Waals surface area contributed by atoms with E-state index in [0.29, 0.717) is 23.1 Å². The summed E-state index contributed by atoms with van der Waals surface area (Å²) in [6.45, 7) is 3.84. The number of carbonyl (C=O) groups is 1. The van der Waals surface area contributed by atoms with Gasteiger partial charge in [0.2, 0.25) is 0 Å². The second kappa shape index (κ2) is 9.60. The van der Waals surface area contributed by atoms with E-state index in [0.717, 1.165) is 25.3 Å². The van der Waals surface area contributed by atoms with Crippen molar-refractivity contribution in [3.63, 3.8) is 0 Å². The van der Waals surface area contributed by atoms with Gasteiger partial charge in [-0.3, -0.25) is 4.79 Å². The number of aliphatic hydroxyl groups is 1. The van der Waals surface area contributed by atoms with E-state index in [1.807, 2.05) is 0 Å². The van der Waals surface area contributed by atoms with Gasteiger partial charge in [-0.15, -0.1) is 0 Å². The highest BCUT2D eigenvalue weighted by atomic mass is 19.1. The molecule has 0 aromatic heterocycles. The number of rotatable bonds is 9. The van der Waals surface area contributed by atoms with Crippen LogP contribution in [0, 0.1) is 11.6 Å². The molecule has 27 heavy (non-hydrogen) atoms. The minimum atomic E-state index is -1.18. The van der Waals surface area contributed by atoms with Crippen LogP contribution in [0.25, 0.3) is 11.1 Å². The highest BCUT2D eigenvalue weighted by molar-refractivity contribution is 5.69. The topological polar surface area (TPSA) is 46.5 Å². The van der Waals surface area contributed by atoms with Crippen LogP contribution in [-0.2, 0) is 15.1 Å². The van der Waals surface area contributed by atoms with Crippen molar-refractivity contribution >= 4 is 5.97 Å². The molecule has 0 fully saturated rings. The van der Waals surface area contributed by atoms with Gasteiger partial charge < -0.3 is 9.84 Å². The molecule has 0 saturated carbocycles. The van der Waals surface area contributed by atoms with E-state index in [-0.39, 0.29) is 19.0 Å². The van der Waals surface area contributed by atoms with Gasteiger partial charge in [-0.25, -0.2) is 8.78 Å². The summed E-state index contributed by atoms with van der Waals surface area (Å²) in [5, 5.41) is 10.7. The van der Waals surface area contributed by atoms with Crippen molar-refractivity contribution in [2.75, 3.05) is 6.61 Å². The quantitative estimate of drug-likeness (QED) is 0.474. The zero-order chi connectivity index (χ0) is 19.9. The van der Waals surface area contributed by atoms with E-state index in [1.165, 1.54) is 12.1 Å². The van der Waals surface area contributed by atoms with Crippen LogP contribution in [0.15, 0.2) is 42.5 Å². The molecule has 2 aromatic carbocycles. The van der Waals surface area contributed by atoms with Gasteiger partial charge in [0.25, 0.3) is 0 Å². The zero-order valence-corrected chi connectivity index (χ0v) is 15.8. The summed E-state index contributed by atoms with van der Waals surface area (Å²) >= 11 is 0. The van der Waals surface area contributed by atoms with Crippen molar-refractivity contribution in [3.8, 4) is 11.1 Å². The Balaban J connectivity index is 1.95. The third-order valence-corrected chi connectivity index (χ3v) is 4.59. The lowest BCUT2D eigenvalue weighted by Gasteiger charge is -2.24. The number of hydrogen-bond acceptors (Lipinski definition) is 3. The highest BCUT2D eigenvalue weighted by Gasteiger charge is 2.23. The molecular weight excluding hydrogens is 350 g/mol. The van der Waals surface area contributed by atoms with Crippen molar-refractivity contribution in [2.24, 2.45) is 0 Å². The lowest BCUT2D eigenvalue weighted by molar-refractivity contribution is -0.145. The summed E-state index contributed by atoms with van der Waals surface area (Å²) in [6, 6.07) is 10.2. The average molecular weight is 376 g/mol. The fourth-order valence-corrected chi connectivity index (χ4v) is 2.83. The maximum absolute atomic E-state index is 13.9. The fourth-order valence-electron chi connectivity index (χ4n) is 2.83. The predicted molar refractivity (Wildman–Crippen MR) is 101 cm³/mol. The van der Waals surface area contributed by atoms with E-state index in [4.69, 9.17) is 4.74 Å². The number of unbranched alkanes of at least 4 members (excludes halogenated alkanes) is 2. The second-order valence-corrected chi connectivity index (χ2v) is 6.90. The first-order chi connectivity index (χ1) is 12.8. The van der Waals surface area contributed by atoms with Gasteiger partial charge in [0.05, 0.1) is 12.2 Å². The molecular formula is C22H26F2O3. The molecule has 0 amide bonds. The molecule has 0 aliphatic rings. The number of carbonyl (C=O) groups excluding carboxylic acids is 1. The highest BCUT2D eigenvalue weighted by Crippen LogP contribution is 2.29. The van der Waals surface area contributed by atoms with Gasteiger partial charge >= 0.3 is 5.97 Å². The van der Waals surface area contributed by atoms with Crippen molar-refractivity contribution in [2.45, 2.75) is 51.6 Å². The smallest absolute Gasteiger partial charge is 0.305 e. The fraction of sp³-hybridized carbons (Fsp3) is 0.409. The SMILES string of the molecule is CCCCCC(=O)OCCC(C)(O)c1ccc(-c2ccc(F)cc2F)cc1. The lowest BCUT2D eigenvalue weighted by Crippen LogP contribution is -2.24. The molecule has 0 aliphatic carbocycles. The van der Waals surface area contributed by atoms with Crippen LogP contribution in [-0.4, -0.2) is 17.7 Å².